The summed E-state index contributed by atoms with van der Waals surface area (Å²) in [4.78, 5) is 24.3. The summed E-state index contributed by atoms with van der Waals surface area (Å²) >= 11 is 0. The first-order valence-electron chi connectivity index (χ1n) is 8.51. The average molecular weight is 351 g/mol. The summed E-state index contributed by atoms with van der Waals surface area (Å²) in [5, 5.41) is 3.65. The summed E-state index contributed by atoms with van der Waals surface area (Å²) in [6.07, 6.45) is 0.768. The normalized spacial score (nSPS) is 11.9. The van der Waals surface area contributed by atoms with E-state index in [4.69, 9.17) is 9.15 Å². The highest BCUT2D eigenvalue weighted by molar-refractivity contribution is 5.88. The Morgan fingerprint density at radius 1 is 1.15 bits per heavy atom. The Hall–Kier alpha value is -3.08. The topological polar surface area (TPSA) is 68.5 Å². The minimum atomic E-state index is -0.855. The summed E-state index contributed by atoms with van der Waals surface area (Å²) in [6.45, 7) is 3.94. The number of aryl methyl sites for hydroxylation is 1. The molecule has 0 unspecified atom stereocenters. The molecule has 134 valence electrons. The van der Waals surface area contributed by atoms with Crippen LogP contribution in [0.3, 0.4) is 0 Å². The van der Waals surface area contributed by atoms with Gasteiger partial charge >= 0.3 is 5.97 Å². The third-order valence-electron chi connectivity index (χ3n) is 4.13. The van der Waals surface area contributed by atoms with Crippen LogP contribution in [-0.4, -0.2) is 18.0 Å². The van der Waals surface area contributed by atoms with E-state index in [0.717, 1.165) is 27.7 Å². The Morgan fingerprint density at radius 3 is 2.69 bits per heavy atom. The minimum Gasteiger partial charge on any atom is -0.464 e. The number of esters is 1. The maximum absolute atomic E-state index is 12.2. The van der Waals surface area contributed by atoms with Gasteiger partial charge in [-0.25, -0.2) is 0 Å². The molecule has 0 saturated heterocycles. The minimum absolute atomic E-state index is 0.0619. The first-order valence-corrected chi connectivity index (χ1v) is 8.51. The van der Waals surface area contributed by atoms with Gasteiger partial charge in [-0.3, -0.25) is 9.59 Å². The van der Waals surface area contributed by atoms with Gasteiger partial charge in [0.1, 0.15) is 5.58 Å². The molecule has 5 nitrogen and oxygen atoms in total. The van der Waals surface area contributed by atoms with Crippen LogP contribution in [0, 0.1) is 6.92 Å². The third-order valence-corrected chi connectivity index (χ3v) is 4.13. The summed E-state index contributed by atoms with van der Waals surface area (Å²) < 4.78 is 10.7. The lowest BCUT2D eigenvalue weighted by Crippen LogP contribution is -2.35. The van der Waals surface area contributed by atoms with Gasteiger partial charge < -0.3 is 14.5 Å². The van der Waals surface area contributed by atoms with Crippen molar-refractivity contribution in [2.24, 2.45) is 0 Å². The molecule has 0 radical (unpaired) electrons. The second-order valence-corrected chi connectivity index (χ2v) is 6.27. The molecule has 2 aromatic carbocycles. The van der Waals surface area contributed by atoms with Gasteiger partial charge in [-0.1, -0.05) is 42.5 Å². The second-order valence-electron chi connectivity index (χ2n) is 6.27. The van der Waals surface area contributed by atoms with E-state index in [9.17, 15) is 9.59 Å². The highest BCUT2D eigenvalue weighted by Crippen LogP contribution is 2.23. The molecule has 0 fully saturated rings. The van der Waals surface area contributed by atoms with Crippen molar-refractivity contribution in [2.75, 3.05) is 0 Å². The van der Waals surface area contributed by atoms with Crippen LogP contribution in [0.2, 0.25) is 0 Å². The van der Waals surface area contributed by atoms with Gasteiger partial charge in [0, 0.05) is 17.5 Å². The monoisotopic (exact) mass is 351 g/mol. The van der Waals surface area contributed by atoms with Crippen molar-refractivity contribution in [3.8, 4) is 0 Å². The number of fused-ring (bicyclic) bond motifs is 1. The number of ether oxygens (including phenoxy) is 1. The van der Waals surface area contributed by atoms with Crippen LogP contribution in [0.25, 0.3) is 11.0 Å². The van der Waals surface area contributed by atoms with Gasteiger partial charge in [0.15, 0.2) is 6.10 Å². The van der Waals surface area contributed by atoms with Crippen LogP contribution in [-0.2, 0) is 27.3 Å². The van der Waals surface area contributed by atoms with Crippen LogP contribution in [0.4, 0.5) is 0 Å². The predicted octanol–water partition coefficient (Wildman–Crippen LogP) is 3.53. The molecule has 0 spiro atoms. The second kappa shape index (κ2) is 7.87. The molecular formula is C21H21NO4. The zero-order valence-corrected chi connectivity index (χ0v) is 14.8. The van der Waals surface area contributed by atoms with Gasteiger partial charge in [-0.05, 0) is 31.0 Å². The fourth-order valence-electron chi connectivity index (χ4n) is 2.70. The quantitative estimate of drug-likeness (QED) is 0.690. The molecule has 0 saturated carbocycles. The largest absolute Gasteiger partial charge is 0.464 e. The number of rotatable bonds is 6. The smallest absolute Gasteiger partial charge is 0.311 e. The summed E-state index contributed by atoms with van der Waals surface area (Å²) in [7, 11) is 0. The Bertz CT molecular complexity index is 914. The lowest BCUT2D eigenvalue weighted by molar-refractivity contribution is -0.154. The zero-order chi connectivity index (χ0) is 18.5. The molecule has 1 amide bonds. The van der Waals surface area contributed by atoms with Crippen molar-refractivity contribution in [2.45, 2.75) is 32.9 Å². The molecule has 0 aliphatic rings. The van der Waals surface area contributed by atoms with Crippen LogP contribution < -0.4 is 5.32 Å². The Kier molecular flexibility index (Phi) is 5.37. The van der Waals surface area contributed by atoms with Gasteiger partial charge in [-0.2, -0.15) is 0 Å². The fourth-order valence-corrected chi connectivity index (χ4v) is 2.70. The van der Waals surface area contributed by atoms with Crippen molar-refractivity contribution in [1.82, 2.24) is 5.32 Å². The number of hydrogen-bond acceptors (Lipinski definition) is 4. The van der Waals surface area contributed by atoms with E-state index in [-0.39, 0.29) is 12.3 Å². The number of furan rings is 1. The van der Waals surface area contributed by atoms with E-state index < -0.39 is 12.1 Å². The van der Waals surface area contributed by atoms with Crippen LogP contribution in [0.1, 0.15) is 23.6 Å². The van der Waals surface area contributed by atoms with Gasteiger partial charge in [-0.15, -0.1) is 0 Å². The Balaban J connectivity index is 1.54. The molecule has 3 rings (SSSR count). The number of nitrogens with one attached hydrogen (secondary N) is 1. The number of carbonyl (C=O) groups is 2. The molecule has 0 aliphatic carbocycles. The highest BCUT2D eigenvalue weighted by Gasteiger charge is 2.19. The Labute approximate surface area is 152 Å². The molecule has 5 heteroatoms. The summed E-state index contributed by atoms with van der Waals surface area (Å²) in [6, 6.07) is 15.4. The molecule has 26 heavy (non-hydrogen) atoms. The summed E-state index contributed by atoms with van der Waals surface area (Å²) in [5.41, 5.74) is 3.56. The first-order chi connectivity index (χ1) is 12.5. The number of amides is 1. The number of benzene rings is 2. The third kappa shape index (κ3) is 4.30. The lowest BCUT2D eigenvalue weighted by atomic mass is 10.1. The lowest BCUT2D eigenvalue weighted by Gasteiger charge is -2.13. The van der Waals surface area contributed by atoms with Crippen LogP contribution >= 0.6 is 0 Å². The Morgan fingerprint density at radius 2 is 1.92 bits per heavy atom. The molecule has 1 atom stereocenters. The zero-order valence-electron chi connectivity index (χ0n) is 14.8. The molecule has 0 bridgehead atoms. The van der Waals surface area contributed by atoms with Crippen LogP contribution in [0.15, 0.2) is 59.2 Å². The maximum atomic E-state index is 12.2. The SMILES string of the molecule is Cc1ccc2c(CC(=O)O[C@@H](C)C(=O)NCc3ccccc3)coc2c1. The van der Waals surface area contributed by atoms with Gasteiger partial charge in [0.05, 0.1) is 12.7 Å². The first kappa shape index (κ1) is 17.7. The number of hydrogen-bond donors (Lipinski definition) is 1. The van der Waals surface area contributed by atoms with Crippen molar-refractivity contribution in [1.29, 1.82) is 0 Å². The van der Waals surface area contributed by atoms with Gasteiger partial charge in [0.25, 0.3) is 5.91 Å². The standard InChI is InChI=1S/C21H21NO4/c1-14-8-9-18-17(13-25-19(18)10-14)11-20(23)26-15(2)21(24)22-12-16-6-4-3-5-7-16/h3-10,13,15H,11-12H2,1-2H3,(H,22,24)/t15-/m0/s1. The average Bonchev–Trinajstić information content (AvgIpc) is 3.02. The van der Waals surface area contributed by atoms with Crippen LogP contribution in [0.5, 0.6) is 0 Å². The number of carbonyl (C=O) groups excluding carboxylic acids is 2. The molecule has 3 aromatic rings. The van der Waals surface area contributed by atoms with Crippen molar-refractivity contribution >= 4 is 22.8 Å². The molecule has 1 heterocycles. The van der Waals surface area contributed by atoms with E-state index >= 15 is 0 Å². The molecule has 1 aromatic heterocycles. The highest BCUT2D eigenvalue weighted by atomic mass is 16.5. The predicted molar refractivity (Wildman–Crippen MR) is 98.5 cm³/mol. The van der Waals surface area contributed by atoms with E-state index in [0.29, 0.717) is 6.54 Å². The van der Waals surface area contributed by atoms with E-state index in [2.05, 4.69) is 5.32 Å². The molecule has 1 N–H and O–H groups in total. The van der Waals surface area contributed by atoms with Crippen molar-refractivity contribution in [3.05, 3.63) is 71.5 Å². The maximum Gasteiger partial charge on any atom is 0.311 e. The molecule has 0 aliphatic heterocycles. The van der Waals surface area contributed by atoms with E-state index in [1.807, 2.05) is 55.5 Å². The van der Waals surface area contributed by atoms with E-state index in [1.165, 1.54) is 0 Å². The van der Waals surface area contributed by atoms with Crippen molar-refractivity contribution in [3.63, 3.8) is 0 Å². The fraction of sp³-hybridized carbons (Fsp3) is 0.238. The van der Waals surface area contributed by atoms with Gasteiger partial charge in [0.2, 0.25) is 0 Å². The van der Waals surface area contributed by atoms with Crippen molar-refractivity contribution < 1.29 is 18.7 Å². The van der Waals surface area contributed by atoms with E-state index in [1.54, 1.807) is 13.2 Å². The summed E-state index contributed by atoms with van der Waals surface area (Å²) in [5.74, 6) is -0.787. The molecular weight excluding hydrogens is 330 g/mol.